The molecule has 2 aromatic carbocycles. The van der Waals surface area contributed by atoms with Crippen LogP contribution in [-0.2, 0) is 14.8 Å². The number of unbranched alkanes of at least 4 members (excludes halogenated alkanes) is 1. The fourth-order valence-corrected chi connectivity index (χ4v) is 6.49. The van der Waals surface area contributed by atoms with Gasteiger partial charge in [0.2, 0.25) is 6.04 Å². The lowest BCUT2D eigenvalue weighted by Crippen LogP contribution is -2.65. The number of carboxylic acids is 1. The molecule has 0 amide bonds. The summed E-state index contributed by atoms with van der Waals surface area (Å²) in [5.74, 6) is -0.975. The summed E-state index contributed by atoms with van der Waals surface area (Å²) in [5, 5.41) is 10.1. The van der Waals surface area contributed by atoms with Gasteiger partial charge in [-0.2, -0.15) is 8.42 Å². The first kappa shape index (κ1) is 20.6. The quantitative estimate of drug-likeness (QED) is 0.710. The molecule has 3 unspecified atom stereocenters. The monoisotopic (exact) mass is 402 g/mol. The minimum absolute atomic E-state index is 0.0566. The highest BCUT2D eigenvalue weighted by atomic mass is 32.2. The molecular formula is C22H28NO4S+. The summed E-state index contributed by atoms with van der Waals surface area (Å²) < 4.78 is 27.0. The third-order valence-corrected chi connectivity index (χ3v) is 8.34. The normalized spacial score (nSPS) is 25.3. The van der Waals surface area contributed by atoms with Crippen molar-refractivity contribution in [2.45, 2.75) is 49.5 Å². The van der Waals surface area contributed by atoms with Gasteiger partial charge in [-0.05, 0) is 30.0 Å². The highest BCUT2D eigenvalue weighted by Crippen LogP contribution is 2.41. The Bertz CT molecular complexity index is 899. The first-order valence-electron chi connectivity index (χ1n) is 9.87. The molecule has 1 aliphatic heterocycles. The van der Waals surface area contributed by atoms with E-state index in [-0.39, 0.29) is 14.7 Å². The SMILES string of the molecule is CCCC[N+]1(S(=O)(=O)c2ccccc2)CCC(c2ccccc2)CC1C(=O)O. The molecule has 6 heteroatoms. The van der Waals surface area contributed by atoms with Crippen molar-refractivity contribution in [3.05, 3.63) is 66.2 Å². The molecule has 0 saturated carbocycles. The lowest BCUT2D eigenvalue weighted by Gasteiger charge is -2.46. The molecule has 0 aromatic heterocycles. The number of rotatable bonds is 7. The number of likely N-dealkylation sites (tertiary alicyclic amines) is 1. The largest absolute Gasteiger partial charge is 0.477 e. The molecule has 5 nitrogen and oxygen atoms in total. The number of sulfonamides is 1. The van der Waals surface area contributed by atoms with Crippen molar-refractivity contribution in [2.24, 2.45) is 0 Å². The molecule has 0 bridgehead atoms. The van der Waals surface area contributed by atoms with Crippen LogP contribution in [0, 0.1) is 0 Å². The van der Waals surface area contributed by atoms with Crippen LogP contribution in [0.4, 0.5) is 0 Å². The lowest BCUT2D eigenvalue weighted by molar-refractivity contribution is -0.831. The molecule has 1 aliphatic rings. The molecule has 1 heterocycles. The maximum absolute atomic E-state index is 13.7. The van der Waals surface area contributed by atoms with Gasteiger partial charge in [-0.15, -0.1) is 0 Å². The molecule has 28 heavy (non-hydrogen) atoms. The van der Waals surface area contributed by atoms with Crippen LogP contribution < -0.4 is 0 Å². The predicted molar refractivity (Wildman–Crippen MR) is 108 cm³/mol. The third kappa shape index (κ3) is 3.71. The van der Waals surface area contributed by atoms with E-state index < -0.39 is 22.0 Å². The van der Waals surface area contributed by atoms with E-state index in [1.165, 1.54) is 0 Å². The van der Waals surface area contributed by atoms with Crippen molar-refractivity contribution < 1.29 is 22.2 Å². The summed E-state index contributed by atoms with van der Waals surface area (Å²) >= 11 is 0. The molecule has 150 valence electrons. The fraction of sp³-hybridized carbons (Fsp3) is 0.409. The zero-order valence-corrected chi connectivity index (χ0v) is 17.0. The second-order valence-corrected chi connectivity index (χ2v) is 9.68. The van der Waals surface area contributed by atoms with Gasteiger partial charge in [0, 0.05) is 12.8 Å². The third-order valence-electron chi connectivity index (χ3n) is 5.90. The second kappa shape index (κ2) is 8.45. The van der Waals surface area contributed by atoms with Crippen LogP contribution in [0.5, 0.6) is 0 Å². The van der Waals surface area contributed by atoms with Gasteiger partial charge in [0.05, 0.1) is 13.1 Å². The van der Waals surface area contributed by atoms with Gasteiger partial charge in [0.25, 0.3) is 0 Å². The zero-order chi connectivity index (χ0) is 20.2. The number of carbonyl (C=O) groups is 1. The first-order valence-corrected chi connectivity index (χ1v) is 11.3. The average Bonchev–Trinajstić information content (AvgIpc) is 2.73. The Balaban J connectivity index is 2.05. The van der Waals surface area contributed by atoms with Crippen LogP contribution in [0.3, 0.4) is 0 Å². The Morgan fingerprint density at radius 3 is 2.25 bits per heavy atom. The standard InChI is InChI=1S/C22H27NO4S/c1-2-3-15-23(28(26,27)20-12-8-5-9-13-20)16-14-19(17-21(23)22(24)25)18-10-6-4-7-11-18/h4-13,19,21H,2-3,14-17H2,1H3/p+1. The number of carboxylic acid groups (broad SMARTS) is 1. The highest BCUT2D eigenvalue weighted by Gasteiger charge is 2.55. The number of quaternary nitrogens is 1. The number of nitrogens with zero attached hydrogens (tertiary/aromatic N) is 1. The van der Waals surface area contributed by atoms with E-state index in [4.69, 9.17) is 0 Å². The van der Waals surface area contributed by atoms with E-state index in [2.05, 4.69) is 0 Å². The fourth-order valence-electron chi connectivity index (χ4n) is 4.34. The highest BCUT2D eigenvalue weighted by molar-refractivity contribution is 7.86. The van der Waals surface area contributed by atoms with Gasteiger partial charge in [0.15, 0.2) is 0 Å². The van der Waals surface area contributed by atoms with E-state index in [1.807, 2.05) is 37.3 Å². The summed E-state index contributed by atoms with van der Waals surface area (Å²) in [4.78, 5) is 12.5. The lowest BCUT2D eigenvalue weighted by atomic mass is 9.85. The van der Waals surface area contributed by atoms with Crippen LogP contribution in [0.25, 0.3) is 0 Å². The zero-order valence-electron chi connectivity index (χ0n) is 16.2. The van der Waals surface area contributed by atoms with Gasteiger partial charge >= 0.3 is 16.0 Å². The topological polar surface area (TPSA) is 71.4 Å². The molecule has 2 aromatic rings. The molecular weight excluding hydrogens is 374 g/mol. The van der Waals surface area contributed by atoms with Crippen molar-refractivity contribution in [1.29, 1.82) is 0 Å². The predicted octanol–water partition coefficient (Wildman–Crippen LogP) is 4.02. The Kier molecular flexibility index (Phi) is 6.20. The number of hydrogen-bond acceptors (Lipinski definition) is 3. The Morgan fingerprint density at radius 1 is 1.07 bits per heavy atom. The summed E-state index contributed by atoms with van der Waals surface area (Å²) in [6, 6.07) is 17.1. The number of hydrogen-bond donors (Lipinski definition) is 1. The van der Waals surface area contributed by atoms with Gasteiger partial charge in [-0.3, -0.25) is 0 Å². The summed E-state index contributed by atoms with van der Waals surface area (Å²) in [6.45, 7) is 2.64. The second-order valence-electron chi connectivity index (χ2n) is 7.53. The maximum atomic E-state index is 13.7. The molecule has 1 saturated heterocycles. The number of aliphatic carboxylic acids is 1. The smallest absolute Gasteiger partial charge is 0.363 e. The van der Waals surface area contributed by atoms with Crippen molar-refractivity contribution in [3.63, 3.8) is 0 Å². The molecule has 0 radical (unpaired) electrons. The summed E-state index contributed by atoms with van der Waals surface area (Å²) in [7, 11) is -3.84. The number of benzene rings is 2. The molecule has 1 fully saturated rings. The van der Waals surface area contributed by atoms with Crippen LogP contribution in [0.15, 0.2) is 65.6 Å². The van der Waals surface area contributed by atoms with Gasteiger partial charge in [0.1, 0.15) is 4.90 Å². The van der Waals surface area contributed by atoms with Gasteiger partial charge in [-0.1, -0.05) is 61.9 Å². The molecule has 0 aliphatic carbocycles. The minimum atomic E-state index is -3.84. The number of piperidine rings is 1. The summed E-state index contributed by atoms with van der Waals surface area (Å²) in [5.41, 5.74) is 1.08. The van der Waals surface area contributed by atoms with Crippen molar-refractivity contribution >= 4 is 16.0 Å². The Hall–Kier alpha value is -2.18. The first-order chi connectivity index (χ1) is 13.4. The van der Waals surface area contributed by atoms with Crippen molar-refractivity contribution in [1.82, 2.24) is 0 Å². The van der Waals surface area contributed by atoms with Crippen LogP contribution in [-0.4, -0.2) is 42.5 Å². The van der Waals surface area contributed by atoms with Gasteiger partial charge < -0.3 is 5.11 Å². The van der Waals surface area contributed by atoms with E-state index in [1.54, 1.807) is 30.3 Å². The van der Waals surface area contributed by atoms with E-state index >= 15 is 0 Å². The van der Waals surface area contributed by atoms with Gasteiger partial charge in [-0.25, -0.2) is 8.68 Å². The Morgan fingerprint density at radius 2 is 1.68 bits per heavy atom. The van der Waals surface area contributed by atoms with Crippen LogP contribution >= 0.6 is 0 Å². The maximum Gasteiger partial charge on any atom is 0.363 e. The van der Waals surface area contributed by atoms with E-state index in [9.17, 15) is 18.3 Å². The molecule has 3 rings (SSSR count). The van der Waals surface area contributed by atoms with Crippen LogP contribution in [0.1, 0.15) is 44.1 Å². The van der Waals surface area contributed by atoms with E-state index in [0.29, 0.717) is 32.4 Å². The molecule has 1 N–H and O–H groups in total. The van der Waals surface area contributed by atoms with E-state index in [0.717, 1.165) is 12.0 Å². The molecule has 3 atom stereocenters. The van der Waals surface area contributed by atoms with Crippen molar-refractivity contribution in [2.75, 3.05) is 13.1 Å². The summed E-state index contributed by atoms with van der Waals surface area (Å²) in [6.07, 6.45) is 2.48. The van der Waals surface area contributed by atoms with Crippen molar-refractivity contribution in [3.8, 4) is 0 Å². The average molecular weight is 403 g/mol. The Labute approximate surface area is 167 Å². The molecule has 0 spiro atoms. The van der Waals surface area contributed by atoms with Crippen LogP contribution in [0.2, 0.25) is 0 Å². The minimum Gasteiger partial charge on any atom is -0.477 e.